The third-order valence-corrected chi connectivity index (χ3v) is 6.28. The molecule has 27 heavy (non-hydrogen) atoms. The smallest absolute Gasteiger partial charge is 0.243 e. The molecule has 3 rings (SSSR count). The van der Waals surface area contributed by atoms with Crippen LogP contribution in [0.15, 0.2) is 4.99 Å². The van der Waals surface area contributed by atoms with Crippen LogP contribution in [0, 0.1) is 5.41 Å². The summed E-state index contributed by atoms with van der Waals surface area (Å²) in [6.07, 6.45) is 11.9. The zero-order valence-electron chi connectivity index (χ0n) is 17.0. The number of aliphatic imine (C=N–C) groups is 1. The van der Waals surface area contributed by atoms with Gasteiger partial charge in [-0.2, -0.15) is 0 Å². The minimum Gasteiger partial charge on any atom is -0.376 e. The highest BCUT2D eigenvalue weighted by Gasteiger charge is 2.40. The second kappa shape index (κ2) is 10.8. The number of rotatable bonds is 4. The number of carbonyl (C=O) groups is 1. The van der Waals surface area contributed by atoms with Crippen LogP contribution >= 0.6 is 24.0 Å². The number of ether oxygens (including phenoxy) is 1. The van der Waals surface area contributed by atoms with E-state index in [1.165, 1.54) is 51.4 Å². The van der Waals surface area contributed by atoms with Gasteiger partial charge < -0.3 is 19.9 Å². The van der Waals surface area contributed by atoms with E-state index < -0.39 is 0 Å². The Morgan fingerprint density at radius 3 is 2.63 bits per heavy atom. The summed E-state index contributed by atoms with van der Waals surface area (Å²) in [6, 6.07) is 0. The molecule has 1 spiro atoms. The van der Waals surface area contributed by atoms with E-state index in [1.807, 2.05) is 0 Å². The largest absolute Gasteiger partial charge is 0.376 e. The quantitative estimate of drug-likeness (QED) is 0.373. The van der Waals surface area contributed by atoms with Crippen molar-refractivity contribution in [3.05, 3.63) is 0 Å². The molecule has 0 aromatic heterocycles. The molecule has 1 N–H and O–H groups in total. The van der Waals surface area contributed by atoms with Crippen LogP contribution in [0.4, 0.5) is 0 Å². The molecule has 1 amide bonds. The van der Waals surface area contributed by atoms with Crippen LogP contribution in [0.25, 0.3) is 0 Å². The highest BCUT2D eigenvalue weighted by atomic mass is 127. The van der Waals surface area contributed by atoms with E-state index in [1.54, 1.807) is 19.0 Å². The highest BCUT2D eigenvalue weighted by Crippen LogP contribution is 2.43. The van der Waals surface area contributed by atoms with Crippen LogP contribution in [0.2, 0.25) is 0 Å². The fraction of sp³-hybridized carbons (Fsp3) is 0.900. The summed E-state index contributed by atoms with van der Waals surface area (Å²) < 4.78 is 5.85. The van der Waals surface area contributed by atoms with E-state index in [-0.39, 0.29) is 42.5 Å². The number of nitrogens with one attached hydrogen (secondary N) is 1. The molecule has 0 bridgehead atoms. The van der Waals surface area contributed by atoms with Gasteiger partial charge in [-0.05, 0) is 43.9 Å². The first kappa shape index (κ1) is 22.7. The van der Waals surface area contributed by atoms with E-state index in [2.05, 4.69) is 15.2 Å². The molecule has 1 atom stereocenters. The fourth-order valence-corrected chi connectivity index (χ4v) is 4.55. The number of halogens is 1. The Labute approximate surface area is 181 Å². The molecule has 0 aromatic carbocycles. The van der Waals surface area contributed by atoms with Crippen LogP contribution in [0.3, 0.4) is 0 Å². The third-order valence-electron chi connectivity index (χ3n) is 6.28. The maximum atomic E-state index is 12.0. The number of likely N-dealkylation sites (tertiary alicyclic amines) is 1. The maximum absolute atomic E-state index is 12.0. The number of guanidine groups is 1. The van der Waals surface area contributed by atoms with Crippen molar-refractivity contribution >= 4 is 35.8 Å². The van der Waals surface area contributed by atoms with Gasteiger partial charge >= 0.3 is 0 Å². The van der Waals surface area contributed by atoms with E-state index in [0.717, 1.165) is 38.6 Å². The van der Waals surface area contributed by atoms with E-state index in [9.17, 15) is 4.79 Å². The lowest BCUT2D eigenvalue weighted by Gasteiger charge is -2.34. The van der Waals surface area contributed by atoms with Gasteiger partial charge in [0.1, 0.15) is 6.54 Å². The molecule has 2 aliphatic heterocycles. The Morgan fingerprint density at radius 1 is 1.19 bits per heavy atom. The maximum Gasteiger partial charge on any atom is 0.243 e. The zero-order valence-corrected chi connectivity index (χ0v) is 19.4. The van der Waals surface area contributed by atoms with Crippen molar-refractivity contribution in [2.75, 3.05) is 46.9 Å². The molecule has 2 heterocycles. The number of likely N-dealkylation sites (N-methyl/N-ethyl adjacent to an activating group) is 1. The minimum atomic E-state index is 0. The van der Waals surface area contributed by atoms with Gasteiger partial charge in [0.15, 0.2) is 5.96 Å². The Hall–Kier alpha value is -0.570. The normalized spacial score (nSPS) is 25.2. The highest BCUT2D eigenvalue weighted by molar-refractivity contribution is 14.0. The number of hydrogen-bond donors (Lipinski definition) is 1. The first-order valence-corrected chi connectivity index (χ1v) is 10.4. The van der Waals surface area contributed by atoms with Crippen molar-refractivity contribution in [1.29, 1.82) is 0 Å². The van der Waals surface area contributed by atoms with Crippen LogP contribution in [-0.2, 0) is 9.53 Å². The van der Waals surface area contributed by atoms with Crippen LogP contribution < -0.4 is 5.32 Å². The Kier molecular flexibility index (Phi) is 9.11. The van der Waals surface area contributed by atoms with Gasteiger partial charge in [0.05, 0.1) is 6.10 Å². The van der Waals surface area contributed by atoms with E-state index in [0.29, 0.717) is 5.41 Å². The fourth-order valence-electron chi connectivity index (χ4n) is 4.55. The molecule has 0 aromatic rings. The second-order valence-corrected chi connectivity index (χ2v) is 8.53. The molecule has 156 valence electrons. The molecule has 1 aliphatic carbocycles. The number of carbonyl (C=O) groups excluding carboxylic acids is 1. The van der Waals surface area contributed by atoms with Crippen LogP contribution in [0.1, 0.15) is 57.8 Å². The van der Waals surface area contributed by atoms with Gasteiger partial charge in [-0.25, -0.2) is 4.99 Å². The Morgan fingerprint density at radius 2 is 1.96 bits per heavy atom. The van der Waals surface area contributed by atoms with Gasteiger partial charge in [0.2, 0.25) is 5.91 Å². The molecule has 1 unspecified atom stereocenters. The predicted molar refractivity (Wildman–Crippen MR) is 120 cm³/mol. The molecule has 3 aliphatic rings. The van der Waals surface area contributed by atoms with E-state index >= 15 is 0 Å². The summed E-state index contributed by atoms with van der Waals surface area (Å²) in [7, 11) is 3.57. The first-order chi connectivity index (χ1) is 12.6. The number of nitrogens with zero attached hydrogens (tertiary/aromatic N) is 3. The zero-order chi connectivity index (χ0) is 18.4. The topological polar surface area (TPSA) is 57.2 Å². The van der Waals surface area contributed by atoms with Crippen molar-refractivity contribution < 1.29 is 9.53 Å². The third kappa shape index (κ3) is 6.48. The van der Waals surface area contributed by atoms with Gasteiger partial charge in [0, 0.05) is 40.3 Å². The van der Waals surface area contributed by atoms with Crippen molar-refractivity contribution in [3.8, 4) is 0 Å². The summed E-state index contributed by atoms with van der Waals surface area (Å²) in [4.78, 5) is 20.7. The lowest BCUT2D eigenvalue weighted by molar-refractivity contribution is -0.127. The molecular weight excluding hydrogens is 455 g/mol. The SMILES string of the molecule is CN(C)C(=O)CN=C(NCC1CCCCO1)N1CCC2(CCCCC2)C1.I. The summed E-state index contributed by atoms with van der Waals surface area (Å²) in [5.41, 5.74) is 0.480. The van der Waals surface area contributed by atoms with Crippen molar-refractivity contribution in [1.82, 2.24) is 15.1 Å². The van der Waals surface area contributed by atoms with Gasteiger partial charge in [-0.3, -0.25) is 4.79 Å². The van der Waals surface area contributed by atoms with Crippen LogP contribution in [0.5, 0.6) is 0 Å². The number of amides is 1. The lowest BCUT2D eigenvalue weighted by atomic mass is 9.73. The van der Waals surface area contributed by atoms with E-state index in [4.69, 9.17) is 4.74 Å². The average molecular weight is 492 g/mol. The minimum absolute atomic E-state index is 0. The van der Waals surface area contributed by atoms with Crippen molar-refractivity contribution in [2.24, 2.45) is 10.4 Å². The molecular formula is C20H37IN4O2. The molecule has 2 saturated heterocycles. The van der Waals surface area contributed by atoms with Gasteiger partial charge in [-0.1, -0.05) is 19.3 Å². The standard InChI is InChI=1S/C20H36N4O2.HI/c1-23(2)18(25)15-22-19(21-14-17-8-4-7-13-26-17)24-12-11-20(16-24)9-5-3-6-10-20;/h17H,3-16H2,1-2H3,(H,21,22);1H. The second-order valence-electron chi connectivity index (χ2n) is 8.53. The van der Waals surface area contributed by atoms with Crippen molar-refractivity contribution in [3.63, 3.8) is 0 Å². The molecule has 6 nitrogen and oxygen atoms in total. The summed E-state index contributed by atoms with van der Waals surface area (Å²) in [6.45, 7) is 4.00. The molecule has 1 saturated carbocycles. The monoisotopic (exact) mass is 492 g/mol. The van der Waals surface area contributed by atoms with Gasteiger partial charge in [-0.15, -0.1) is 24.0 Å². The summed E-state index contributed by atoms with van der Waals surface area (Å²) in [5.74, 6) is 0.946. The summed E-state index contributed by atoms with van der Waals surface area (Å²) in [5, 5.41) is 3.53. The summed E-state index contributed by atoms with van der Waals surface area (Å²) >= 11 is 0. The Bertz CT molecular complexity index is 500. The first-order valence-electron chi connectivity index (χ1n) is 10.4. The molecule has 0 radical (unpaired) electrons. The predicted octanol–water partition coefficient (Wildman–Crippen LogP) is 2.86. The van der Waals surface area contributed by atoms with Crippen molar-refractivity contribution in [2.45, 2.75) is 63.9 Å². The van der Waals surface area contributed by atoms with Crippen LogP contribution in [-0.4, -0.2) is 74.7 Å². The van der Waals surface area contributed by atoms with Gasteiger partial charge in [0.25, 0.3) is 0 Å². The Balaban J connectivity index is 0.00000261. The average Bonchev–Trinajstić information content (AvgIpc) is 3.06. The lowest BCUT2D eigenvalue weighted by Crippen LogP contribution is -2.45. The molecule has 3 fully saturated rings. The number of hydrogen-bond acceptors (Lipinski definition) is 3. The molecule has 7 heteroatoms.